The highest BCUT2D eigenvalue weighted by Crippen LogP contribution is 2.28. The topological polar surface area (TPSA) is 27.7 Å². The molecule has 1 aromatic carbocycles. The first kappa shape index (κ1) is 10.6. The van der Waals surface area contributed by atoms with Crippen molar-refractivity contribution in [1.82, 2.24) is 0 Å². The van der Waals surface area contributed by atoms with Crippen LogP contribution in [0.1, 0.15) is 31.9 Å². The molecule has 3 nitrogen and oxygen atoms in total. The van der Waals surface area contributed by atoms with Gasteiger partial charge in [0, 0.05) is 6.42 Å². The van der Waals surface area contributed by atoms with Crippen LogP contribution in [-0.2, 0) is 14.5 Å². The van der Waals surface area contributed by atoms with Crippen molar-refractivity contribution < 1.29 is 14.5 Å². The number of benzene rings is 1. The Morgan fingerprint density at radius 3 is 2.67 bits per heavy atom. The summed E-state index contributed by atoms with van der Waals surface area (Å²) in [5.74, 6) is -0.649. The van der Waals surface area contributed by atoms with Gasteiger partial charge in [0.1, 0.15) is 6.10 Å². The molecule has 0 radical (unpaired) electrons. The van der Waals surface area contributed by atoms with E-state index in [1.165, 1.54) is 0 Å². The highest BCUT2D eigenvalue weighted by atomic mass is 17.2. The van der Waals surface area contributed by atoms with E-state index in [0.29, 0.717) is 6.61 Å². The summed E-state index contributed by atoms with van der Waals surface area (Å²) in [5.41, 5.74) is 1.12. The first-order chi connectivity index (χ1) is 7.17. The summed E-state index contributed by atoms with van der Waals surface area (Å²) in [4.78, 5) is 10.6. The Kier molecular flexibility index (Phi) is 3.05. The van der Waals surface area contributed by atoms with Gasteiger partial charge in [-0.2, -0.15) is 0 Å². The van der Waals surface area contributed by atoms with Crippen LogP contribution >= 0.6 is 0 Å². The fraction of sp³-hybridized carbons (Fsp3) is 0.500. The van der Waals surface area contributed by atoms with E-state index in [0.717, 1.165) is 12.0 Å². The lowest BCUT2D eigenvalue weighted by atomic mass is 10.1. The van der Waals surface area contributed by atoms with Gasteiger partial charge in [-0.3, -0.25) is 0 Å². The third-order valence-electron chi connectivity index (χ3n) is 2.37. The lowest BCUT2D eigenvalue weighted by molar-refractivity contribution is -0.420. The van der Waals surface area contributed by atoms with Crippen molar-refractivity contribution in [2.75, 3.05) is 6.61 Å². The minimum Gasteiger partial charge on any atom is -0.348 e. The van der Waals surface area contributed by atoms with Crippen molar-refractivity contribution >= 4 is 0 Å². The Hall–Kier alpha value is -0.900. The maximum absolute atomic E-state index is 5.49. The predicted octanol–water partition coefficient (Wildman–Crippen LogP) is 2.83. The molecule has 0 aliphatic carbocycles. The van der Waals surface area contributed by atoms with Gasteiger partial charge in [-0.1, -0.05) is 30.3 Å². The fourth-order valence-electron chi connectivity index (χ4n) is 1.55. The van der Waals surface area contributed by atoms with Gasteiger partial charge in [0.05, 0.1) is 6.61 Å². The van der Waals surface area contributed by atoms with E-state index < -0.39 is 5.79 Å². The molecule has 1 heterocycles. The average molecular weight is 208 g/mol. The molecule has 15 heavy (non-hydrogen) atoms. The van der Waals surface area contributed by atoms with E-state index in [1.54, 1.807) is 0 Å². The monoisotopic (exact) mass is 208 g/mol. The summed E-state index contributed by atoms with van der Waals surface area (Å²) in [6, 6.07) is 10.0. The molecule has 1 saturated heterocycles. The van der Waals surface area contributed by atoms with Crippen molar-refractivity contribution in [2.45, 2.75) is 32.2 Å². The molecule has 1 fully saturated rings. The highest BCUT2D eigenvalue weighted by Gasteiger charge is 2.27. The van der Waals surface area contributed by atoms with Crippen LogP contribution < -0.4 is 0 Å². The van der Waals surface area contributed by atoms with Crippen LogP contribution in [0.15, 0.2) is 30.3 Å². The van der Waals surface area contributed by atoms with Crippen molar-refractivity contribution in [3.8, 4) is 0 Å². The van der Waals surface area contributed by atoms with Crippen LogP contribution in [0.2, 0.25) is 0 Å². The van der Waals surface area contributed by atoms with Gasteiger partial charge in [-0.15, -0.1) is 0 Å². The maximum Gasteiger partial charge on any atom is 0.195 e. The molecule has 2 rings (SSSR count). The zero-order valence-electron chi connectivity index (χ0n) is 9.10. The van der Waals surface area contributed by atoms with Gasteiger partial charge in [0.25, 0.3) is 0 Å². The van der Waals surface area contributed by atoms with Gasteiger partial charge >= 0.3 is 0 Å². The average Bonchev–Trinajstić information content (AvgIpc) is 2.41. The molecule has 82 valence electrons. The van der Waals surface area contributed by atoms with Crippen LogP contribution in [0.25, 0.3) is 0 Å². The van der Waals surface area contributed by atoms with Crippen LogP contribution in [0, 0.1) is 0 Å². The molecule has 0 N–H and O–H groups in total. The molecule has 0 aromatic heterocycles. The second-order valence-corrected chi connectivity index (χ2v) is 4.12. The van der Waals surface area contributed by atoms with Crippen LogP contribution in [0.5, 0.6) is 0 Å². The van der Waals surface area contributed by atoms with E-state index in [4.69, 9.17) is 14.5 Å². The number of rotatable bonds is 1. The van der Waals surface area contributed by atoms with Crippen LogP contribution in [0.3, 0.4) is 0 Å². The third kappa shape index (κ3) is 2.78. The number of hydrogen-bond acceptors (Lipinski definition) is 3. The van der Waals surface area contributed by atoms with Gasteiger partial charge in [-0.05, 0) is 19.4 Å². The number of ether oxygens (including phenoxy) is 1. The Morgan fingerprint density at radius 2 is 1.93 bits per heavy atom. The molecule has 3 heteroatoms. The van der Waals surface area contributed by atoms with E-state index >= 15 is 0 Å². The van der Waals surface area contributed by atoms with E-state index in [-0.39, 0.29) is 6.10 Å². The molecule has 1 atom stereocenters. The number of hydrogen-bond donors (Lipinski definition) is 0. The van der Waals surface area contributed by atoms with Gasteiger partial charge < -0.3 is 4.74 Å². The highest BCUT2D eigenvalue weighted by molar-refractivity contribution is 5.17. The lowest BCUT2D eigenvalue weighted by Gasteiger charge is -2.21. The Bertz CT molecular complexity index is 308. The molecule has 0 spiro atoms. The summed E-state index contributed by atoms with van der Waals surface area (Å²) >= 11 is 0. The lowest BCUT2D eigenvalue weighted by Crippen LogP contribution is -2.26. The molecule has 1 aliphatic heterocycles. The van der Waals surface area contributed by atoms with E-state index in [2.05, 4.69) is 0 Å². The van der Waals surface area contributed by atoms with E-state index in [9.17, 15) is 0 Å². The van der Waals surface area contributed by atoms with Crippen molar-refractivity contribution in [2.24, 2.45) is 0 Å². The quantitative estimate of drug-likeness (QED) is 0.664. The minimum atomic E-state index is -0.649. The Balaban J connectivity index is 2.06. The summed E-state index contributed by atoms with van der Waals surface area (Å²) < 4.78 is 5.49. The summed E-state index contributed by atoms with van der Waals surface area (Å²) in [5, 5.41) is 0. The van der Waals surface area contributed by atoms with Crippen LogP contribution in [0.4, 0.5) is 0 Å². The summed E-state index contributed by atoms with van der Waals surface area (Å²) in [7, 11) is 0. The second-order valence-electron chi connectivity index (χ2n) is 4.12. The largest absolute Gasteiger partial charge is 0.348 e. The fourth-order valence-corrected chi connectivity index (χ4v) is 1.55. The molecule has 1 aromatic rings. The maximum atomic E-state index is 5.49. The smallest absolute Gasteiger partial charge is 0.195 e. The zero-order chi connectivity index (χ0) is 10.7. The minimum absolute atomic E-state index is 0.0343. The molecule has 1 unspecified atom stereocenters. The zero-order valence-corrected chi connectivity index (χ0v) is 9.10. The van der Waals surface area contributed by atoms with Crippen molar-refractivity contribution in [1.29, 1.82) is 0 Å². The standard InChI is InChI=1S/C12H16O3/c1-12(2)13-9-8-11(14-15-12)10-6-4-3-5-7-10/h3-7,11H,8-9H2,1-2H3. The second kappa shape index (κ2) is 4.31. The van der Waals surface area contributed by atoms with Crippen molar-refractivity contribution in [3.63, 3.8) is 0 Å². The van der Waals surface area contributed by atoms with Crippen LogP contribution in [-0.4, -0.2) is 12.4 Å². The Morgan fingerprint density at radius 1 is 1.20 bits per heavy atom. The Labute approximate surface area is 89.9 Å². The summed E-state index contributed by atoms with van der Waals surface area (Å²) in [6.07, 6.45) is 0.779. The molecule has 0 saturated carbocycles. The van der Waals surface area contributed by atoms with Crippen molar-refractivity contribution in [3.05, 3.63) is 35.9 Å². The van der Waals surface area contributed by atoms with Gasteiger partial charge in [0.2, 0.25) is 0 Å². The normalized spacial score (nSPS) is 25.9. The predicted molar refractivity (Wildman–Crippen MR) is 56.0 cm³/mol. The molecule has 1 aliphatic rings. The SMILES string of the molecule is CC1(C)OCCC(c2ccccc2)OO1. The van der Waals surface area contributed by atoms with E-state index in [1.807, 2.05) is 44.2 Å². The first-order valence-electron chi connectivity index (χ1n) is 5.21. The molecule has 0 bridgehead atoms. The molecular formula is C12H16O3. The molecular weight excluding hydrogens is 192 g/mol. The third-order valence-corrected chi connectivity index (χ3v) is 2.37. The summed E-state index contributed by atoms with van der Waals surface area (Å²) in [6.45, 7) is 4.34. The van der Waals surface area contributed by atoms with Gasteiger partial charge in [0.15, 0.2) is 5.79 Å². The van der Waals surface area contributed by atoms with Gasteiger partial charge in [-0.25, -0.2) is 9.78 Å². The molecule has 0 amide bonds. The first-order valence-corrected chi connectivity index (χ1v) is 5.21.